The standard InChI is InChI=1S/C12H9Br3OS/c13-7-1-2-10(11(15)4-7)12(16)5-9-3-8(14)6-17-9/h1-4,6,12,16H,5H2. The van der Waals surface area contributed by atoms with Crippen molar-refractivity contribution in [1.29, 1.82) is 0 Å². The Labute approximate surface area is 129 Å². The van der Waals surface area contributed by atoms with Crippen LogP contribution >= 0.6 is 59.1 Å². The quantitative estimate of drug-likeness (QED) is 0.685. The Balaban J connectivity index is 2.17. The van der Waals surface area contributed by atoms with Gasteiger partial charge in [-0.25, -0.2) is 0 Å². The van der Waals surface area contributed by atoms with Crippen molar-refractivity contribution < 1.29 is 5.11 Å². The van der Waals surface area contributed by atoms with Crippen molar-refractivity contribution in [2.24, 2.45) is 0 Å². The Kier molecular flexibility index (Phi) is 4.83. The maximum atomic E-state index is 10.2. The van der Waals surface area contributed by atoms with E-state index in [4.69, 9.17) is 0 Å². The average Bonchev–Trinajstić information content (AvgIpc) is 2.63. The predicted octanol–water partition coefficient (Wildman–Crippen LogP) is 5.31. The van der Waals surface area contributed by atoms with Crippen LogP contribution in [0.1, 0.15) is 16.5 Å². The van der Waals surface area contributed by atoms with E-state index in [0.29, 0.717) is 6.42 Å². The molecule has 0 amide bonds. The average molecular weight is 441 g/mol. The molecule has 0 radical (unpaired) electrons. The van der Waals surface area contributed by atoms with Crippen molar-refractivity contribution in [3.05, 3.63) is 53.5 Å². The predicted molar refractivity (Wildman–Crippen MR) is 82.5 cm³/mol. The van der Waals surface area contributed by atoms with E-state index in [2.05, 4.69) is 47.8 Å². The zero-order valence-corrected chi connectivity index (χ0v) is 14.2. The number of thiophene rings is 1. The number of rotatable bonds is 3. The van der Waals surface area contributed by atoms with Crippen molar-refractivity contribution in [2.45, 2.75) is 12.5 Å². The summed E-state index contributed by atoms with van der Waals surface area (Å²) in [6.45, 7) is 0. The largest absolute Gasteiger partial charge is 0.388 e. The van der Waals surface area contributed by atoms with Gasteiger partial charge in [-0.3, -0.25) is 0 Å². The Morgan fingerprint density at radius 1 is 1.12 bits per heavy atom. The maximum Gasteiger partial charge on any atom is 0.0849 e. The summed E-state index contributed by atoms with van der Waals surface area (Å²) >= 11 is 11.9. The fourth-order valence-corrected chi connectivity index (χ4v) is 4.33. The lowest BCUT2D eigenvalue weighted by molar-refractivity contribution is 0.178. The monoisotopic (exact) mass is 438 g/mol. The van der Waals surface area contributed by atoms with Gasteiger partial charge in [0, 0.05) is 30.1 Å². The second-order valence-corrected chi connectivity index (χ2v) is 7.30. The van der Waals surface area contributed by atoms with Crippen LogP contribution in [-0.4, -0.2) is 5.11 Å². The topological polar surface area (TPSA) is 20.2 Å². The van der Waals surface area contributed by atoms with Gasteiger partial charge in [0.2, 0.25) is 0 Å². The molecule has 1 aromatic carbocycles. The molecule has 0 saturated heterocycles. The Bertz CT molecular complexity index is 524. The summed E-state index contributed by atoms with van der Waals surface area (Å²) in [5.41, 5.74) is 0.915. The minimum absolute atomic E-state index is 0.483. The van der Waals surface area contributed by atoms with Gasteiger partial charge in [-0.15, -0.1) is 11.3 Å². The van der Waals surface area contributed by atoms with E-state index >= 15 is 0 Å². The molecular formula is C12H9Br3OS. The van der Waals surface area contributed by atoms with Crippen LogP contribution in [0, 0.1) is 0 Å². The van der Waals surface area contributed by atoms with E-state index in [0.717, 1.165) is 19.0 Å². The summed E-state index contributed by atoms with van der Waals surface area (Å²) in [5, 5.41) is 12.2. The summed E-state index contributed by atoms with van der Waals surface area (Å²) in [5.74, 6) is 0. The molecule has 0 aliphatic rings. The molecule has 1 unspecified atom stereocenters. The van der Waals surface area contributed by atoms with Crippen molar-refractivity contribution >= 4 is 59.1 Å². The molecule has 17 heavy (non-hydrogen) atoms. The van der Waals surface area contributed by atoms with Gasteiger partial charge < -0.3 is 5.11 Å². The second kappa shape index (κ2) is 5.97. The summed E-state index contributed by atoms with van der Waals surface area (Å²) in [6.07, 6.45) is 0.152. The number of aliphatic hydroxyl groups is 1. The minimum Gasteiger partial charge on any atom is -0.388 e. The van der Waals surface area contributed by atoms with Crippen LogP contribution in [0.5, 0.6) is 0 Å². The molecule has 1 heterocycles. The first-order valence-electron chi connectivity index (χ1n) is 4.92. The number of hydrogen-bond acceptors (Lipinski definition) is 2. The van der Waals surface area contributed by atoms with Crippen molar-refractivity contribution in [3.63, 3.8) is 0 Å². The van der Waals surface area contributed by atoms with Gasteiger partial charge in [-0.2, -0.15) is 0 Å². The van der Waals surface area contributed by atoms with E-state index in [9.17, 15) is 5.11 Å². The third-order valence-electron chi connectivity index (χ3n) is 2.34. The third kappa shape index (κ3) is 3.64. The zero-order valence-electron chi connectivity index (χ0n) is 8.66. The second-order valence-electron chi connectivity index (χ2n) is 3.62. The van der Waals surface area contributed by atoms with E-state index in [1.54, 1.807) is 11.3 Å². The van der Waals surface area contributed by atoms with E-state index in [-0.39, 0.29) is 0 Å². The normalized spacial score (nSPS) is 12.7. The SMILES string of the molecule is OC(Cc1cc(Br)cs1)c1ccc(Br)cc1Br. The fraction of sp³-hybridized carbons (Fsp3) is 0.167. The summed E-state index contributed by atoms with van der Waals surface area (Å²) < 4.78 is 2.99. The van der Waals surface area contributed by atoms with Crippen LogP contribution in [0.4, 0.5) is 0 Å². The van der Waals surface area contributed by atoms with Crippen LogP contribution in [-0.2, 0) is 6.42 Å². The molecule has 2 rings (SSSR count). The van der Waals surface area contributed by atoms with Crippen molar-refractivity contribution in [2.75, 3.05) is 0 Å². The molecule has 1 aromatic heterocycles. The molecule has 5 heteroatoms. The van der Waals surface area contributed by atoms with Crippen LogP contribution in [0.3, 0.4) is 0 Å². The number of benzene rings is 1. The van der Waals surface area contributed by atoms with Gasteiger partial charge in [0.25, 0.3) is 0 Å². The van der Waals surface area contributed by atoms with E-state index in [1.165, 1.54) is 4.88 Å². The molecule has 1 N–H and O–H groups in total. The fourth-order valence-electron chi connectivity index (χ4n) is 1.53. The molecule has 90 valence electrons. The number of halogens is 3. The van der Waals surface area contributed by atoms with Gasteiger partial charge in [0.05, 0.1) is 6.10 Å². The molecular weight excluding hydrogens is 432 g/mol. The molecule has 0 saturated carbocycles. The van der Waals surface area contributed by atoms with Crippen LogP contribution in [0.2, 0.25) is 0 Å². The highest BCUT2D eigenvalue weighted by Crippen LogP contribution is 2.30. The molecule has 0 fully saturated rings. The molecule has 2 aromatic rings. The first-order valence-corrected chi connectivity index (χ1v) is 8.18. The van der Waals surface area contributed by atoms with Gasteiger partial charge in [0.1, 0.15) is 0 Å². The molecule has 0 aliphatic heterocycles. The summed E-state index contributed by atoms with van der Waals surface area (Å²) in [7, 11) is 0. The molecule has 0 aliphatic carbocycles. The zero-order chi connectivity index (χ0) is 12.4. The molecule has 1 nitrogen and oxygen atoms in total. The van der Waals surface area contributed by atoms with Crippen LogP contribution in [0.15, 0.2) is 43.1 Å². The molecule has 1 atom stereocenters. The Morgan fingerprint density at radius 3 is 2.47 bits per heavy atom. The lowest BCUT2D eigenvalue weighted by Gasteiger charge is -2.12. The van der Waals surface area contributed by atoms with E-state index in [1.807, 2.05) is 29.6 Å². The molecule has 0 spiro atoms. The molecule has 0 bridgehead atoms. The van der Waals surface area contributed by atoms with Crippen molar-refractivity contribution in [1.82, 2.24) is 0 Å². The first kappa shape index (κ1) is 13.7. The van der Waals surface area contributed by atoms with Gasteiger partial charge in [0.15, 0.2) is 0 Å². The van der Waals surface area contributed by atoms with Gasteiger partial charge >= 0.3 is 0 Å². The highest BCUT2D eigenvalue weighted by molar-refractivity contribution is 9.11. The highest BCUT2D eigenvalue weighted by Gasteiger charge is 2.13. The lowest BCUT2D eigenvalue weighted by Crippen LogP contribution is -2.01. The Hall–Kier alpha value is 0.320. The third-order valence-corrected chi connectivity index (χ3v) is 5.24. The van der Waals surface area contributed by atoms with Crippen LogP contribution < -0.4 is 0 Å². The van der Waals surface area contributed by atoms with Crippen molar-refractivity contribution in [3.8, 4) is 0 Å². The minimum atomic E-state index is -0.483. The summed E-state index contributed by atoms with van der Waals surface area (Å²) in [4.78, 5) is 1.17. The van der Waals surface area contributed by atoms with E-state index < -0.39 is 6.10 Å². The maximum absolute atomic E-state index is 10.2. The first-order chi connectivity index (χ1) is 8.06. The van der Waals surface area contributed by atoms with Gasteiger partial charge in [-0.1, -0.05) is 37.9 Å². The number of hydrogen-bond donors (Lipinski definition) is 1. The smallest absolute Gasteiger partial charge is 0.0849 e. The Morgan fingerprint density at radius 2 is 1.88 bits per heavy atom. The summed E-state index contributed by atoms with van der Waals surface area (Å²) in [6, 6.07) is 7.86. The highest BCUT2D eigenvalue weighted by atomic mass is 79.9. The van der Waals surface area contributed by atoms with Gasteiger partial charge in [-0.05, 0) is 39.7 Å². The van der Waals surface area contributed by atoms with Crippen LogP contribution in [0.25, 0.3) is 0 Å². The number of aliphatic hydroxyl groups excluding tert-OH is 1. The lowest BCUT2D eigenvalue weighted by atomic mass is 10.1.